The molecule has 0 spiro atoms. The molecule has 0 fully saturated rings. The van der Waals surface area contributed by atoms with Gasteiger partial charge >= 0.3 is 0 Å². The summed E-state index contributed by atoms with van der Waals surface area (Å²) in [5, 5.41) is 2.99. The smallest absolute Gasteiger partial charge is 0.244 e. The topological polar surface area (TPSA) is 56.2 Å². The van der Waals surface area contributed by atoms with Gasteiger partial charge in [0.05, 0.1) is 30.9 Å². The van der Waals surface area contributed by atoms with Crippen molar-refractivity contribution in [2.24, 2.45) is 0 Å². The SMILES string of the molecule is CCC(NC(=O)/C=C/c1ccc(-n2cnc(C)c2)c(OC)c1F)c1ccccc1C. The molecule has 3 aromatic rings. The number of ether oxygens (including phenoxy) is 1. The normalized spacial score (nSPS) is 12.2. The van der Waals surface area contributed by atoms with Crippen LogP contribution < -0.4 is 10.1 Å². The Hall–Kier alpha value is -3.41. The van der Waals surface area contributed by atoms with E-state index >= 15 is 0 Å². The molecule has 3 rings (SSSR count). The number of rotatable bonds is 7. The maximum atomic E-state index is 15.0. The highest BCUT2D eigenvalue weighted by Crippen LogP contribution is 2.29. The molecule has 1 N–H and O–H groups in total. The second-order valence-corrected chi connectivity index (χ2v) is 7.10. The largest absolute Gasteiger partial charge is 0.492 e. The molecule has 156 valence electrons. The Kier molecular flexibility index (Phi) is 6.67. The van der Waals surface area contributed by atoms with Gasteiger partial charge in [-0.05, 0) is 49.6 Å². The van der Waals surface area contributed by atoms with Crippen LogP contribution in [0.25, 0.3) is 11.8 Å². The number of hydrogen-bond donors (Lipinski definition) is 1. The monoisotopic (exact) mass is 407 g/mol. The number of methoxy groups -OCH3 is 1. The summed E-state index contributed by atoms with van der Waals surface area (Å²) in [7, 11) is 1.42. The molecule has 6 heteroatoms. The number of carbonyl (C=O) groups excluding carboxylic acids is 1. The zero-order valence-electron chi connectivity index (χ0n) is 17.6. The van der Waals surface area contributed by atoms with E-state index in [1.165, 1.54) is 19.3 Å². The lowest BCUT2D eigenvalue weighted by atomic mass is 9.99. The van der Waals surface area contributed by atoms with E-state index in [1.807, 2.05) is 45.0 Å². The Morgan fingerprint density at radius 2 is 2.03 bits per heavy atom. The average molecular weight is 407 g/mol. The molecule has 0 aliphatic rings. The summed E-state index contributed by atoms with van der Waals surface area (Å²) in [5.74, 6) is -0.713. The minimum Gasteiger partial charge on any atom is -0.492 e. The number of hydrogen-bond acceptors (Lipinski definition) is 3. The molecular formula is C24H26FN3O2. The van der Waals surface area contributed by atoms with E-state index in [1.54, 1.807) is 29.2 Å². The Morgan fingerprint density at radius 1 is 1.27 bits per heavy atom. The third-order valence-electron chi connectivity index (χ3n) is 5.00. The first-order valence-electron chi connectivity index (χ1n) is 9.86. The summed E-state index contributed by atoms with van der Waals surface area (Å²) < 4.78 is 22.0. The summed E-state index contributed by atoms with van der Waals surface area (Å²) in [6.45, 7) is 5.89. The molecule has 0 bridgehead atoms. The highest BCUT2D eigenvalue weighted by molar-refractivity contribution is 5.92. The van der Waals surface area contributed by atoms with Gasteiger partial charge in [0.15, 0.2) is 11.6 Å². The number of aromatic nitrogens is 2. The number of carbonyl (C=O) groups is 1. The van der Waals surface area contributed by atoms with E-state index in [4.69, 9.17) is 4.74 Å². The zero-order valence-corrected chi connectivity index (χ0v) is 17.6. The van der Waals surface area contributed by atoms with Crippen molar-refractivity contribution in [2.45, 2.75) is 33.2 Å². The molecule has 5 nitrogen and oxygen atoms in total. The van der Waals surface area contributed by atoms with Crippen molar-refractivity contribution >= 4 is 12.0 Å². The molecule has 2 aromatic carbocycles. The van der Waals surface area contributed by atoms with E-state index < -0.39 is 5.82 Å². The van der Waals surface area contributed by atoms with Gasteiger partial charge in [0.1, 0.15) is 0 Å². The fourth-order valence-electron chi connectivity index (χ4n) is 3.40. The first kappa shape index (κ1) is 21.3. The number of benzene rings is 2. The lowest BCUT2D eigenvalue weighted by Gasteiger charge is -2.18. The van der Waals surface area contributed by atoms with Gasteiger partial charge in [0, 0.05) is 17.8 Å². The minimum atomic E-state index is -0.531. The Labute approximate surface area is 176 Å². The third-order valence-corrected chi connectivity index (χ3v) is 5.00. The molecule has 0 saturated heterocycles. The molecule has 1 unspecified atom stereocenters. The average Bonchev–Trinajstić information content (AvgIpc) is 3.17. The molecule has 0 aliphatic carbocycles. The van der Waals surface area contributed by atoms with Gasteiger partial charge in [-0.25, -0.2) is 9.37 Å². The summed E-state index contributed by atoms with van der Waals surface area (Å²) in [4.78, 5) is 16.6. The van der Waals surface area contributed by atoms with Crippen LogP contribution in [-0.4, -0.2) is 22.6 Å². The molecule has 0 saturated carbocycles. The van der Waals surface area contributed by atoms with E-state index in [0.717, 1.165) is 23.2 Å². The molecule has 30 heavy (non-hydrogen) atoms. The molecule has 1 atom stereocenters. The van der Waals surface area contributed by atoms with Crippen molar-refractivity contribution in [3.8, 4) is 11.4 Å². The van der Waals surface area contributed by atoms with Gasteiger partial charge in [-0.15, -0.1) is 0 Å². The molecule has 1 aromatic heterocycles. The van der Waals surface area contributed by atoms with Gasteiger partial charge in [-0.1, -0.05) is 31.2 Å². The Morgan fingerprint density at radius 3 is 2.67 bits per heavy atom. The van der Waals surface area contributed by atoms with Crippen molar-refractivity contribution in [3.63, 3.8) is 0 Å². The molecule has 0 aliphatic heterocycles. The summed E-state index contributed by atoms with van der Waals surface area (Å²) in [5.41, 5.74) is 3.83. The number of nitrogens with one attached hydrogen (secondary N) is 1. The van der Waals surface area contributed by atoms with E-state index in [-0.39, 0.29) is 23.3 Å². The first-order chi connectivity index (χ1) is 14.4. The fourth-order valence-corrected chi connectivity index (χ4v) is 3.40. The van der Waals surface area contributed by atoms with E-state index in [0.29, 0.717) is 5.69 Å². The van der Waals surface area contributed by atoms with Crippen molar-refractivity contribution in [3.05, 3.63) is 83.2 Å². The summed E-state index contributed by atoms with van der Waals surface area (Å²) >= 11 is 0. The number of amides is 1. The van der Waals surface area contributed by atoms with Gasteiger partial charge in [0.2, 0.25) is 5.91 Å². The number of halogens is 1. The van der Waals surface area contributed by atoms with Crippen LogP contribution in [0.1, 0.15) is 41.8 Å². The van der Waals surface area contributed by atoms with Crippen LogP contribution in [-0.2, 0) is 4.79 Å². The first-order valence-corrected chi connectivity index (χ1v) is 9.86. The second kappa shape index (κ2) is 9.39. The van der Waals surface area contributed by atoms with Crippen LogP contribution in [0.2, 0.25) is 0 Å². The van der Waals surface area contributed by atoms with Crippen molar-refractivity contribution in [1.82, 2.24) is 14.9 Å². The highest BCUT2D eigenvalue weighted by atomic mass is 19.1. The van der Waals surface area contributed by atoms with E-state index in [2.05, 4.69) is 10.3 Å². The van der Waals surface area contributed by atoms with Crippen molar-refractivity contribution in [2.75, 3.05) is 7.11 Å². The van der Waals surface area contributed by atoms with Gasteiger partial charge in [-0.2, -0.15) is 0 Å². The van der Waals surface area contributed by atoms with E-state index in [9.17, 15) is 9.18 Å². The van der Waals surface area contributed by atoms with Crippen LogP contribution in [0.15, 0.2) is 55.0 Å². The molecule has 1 amide bonds. The maximum absolute atomic E-state index is 15.0. The van der Waals surface area contributed by atoms with Gasteiger partial charge in [0.25, 0.3) is 0 Å². The Bertz CT molecular complexity index is 1070. The van der Waals surface area contributed by atoms with Crippen molar-refractivity contribution < 1.29 is 13.9 Å². The zero-order chi connectivity index (χ0) is 21.7. The van der Waals surface area contributed by atoms with Crippen LogP contribution in [0.3, 0.4) is 0 Å². The molecule has 1 heterocycles. The molecular weight excluding hydrogens is 381 g/mol. The number of aryl methyl sites for hydroxylation is 2. The van der Waals surface area contributed by atoms with Gasteiger partial charge < -0.3 is 14.6 Å². The van der Waals surface area contributed by atoms with Crippen LogP contribution in [0.5, 0.6) is 5.75 Å². The maximum Gasteiger partial charge on any atom is 0.244 e. The summed E-state index contributed by atoms with van der Waals surface area (Å²) in [6, 6.07) is 11.2. The predicted molar refractivity (Wildman–Crippen MR) is 116 cm³/mol. The minimum absolute atomic E-state index is 0.0984. The number of nitrogens with zero attached hydrogens (tertiary/aromatic N) is 2. The van der Waals surface area contributed by atoms with Crippen LogP contribution in [0.4, 0.5) is 4.39 Å². The fraction of sp³-hybridized carbons (Fsp3) is 0.250. The second-order valence-electron chi connectivity index (χ2n) is 7.10. The highest BCUT2D eigenvalue weighted by Gasteiger charge is 2.16. The van der Waals surface area contributed by atoms with Crippen LogP contribution >= 0.6 is 0 Å². The third kappa shape index (κ3) is 4.59. The van der Waals surface area contributed by atoms with Crippen LogP contribution in [0, 0.1) is 19.7 Å². The van der Waals surface area contributed by atoms with Gasteiger partial charge in [-0.3, -0.25) is 4.79 Å². The lowest BCUT2D eigenvalue weighted by molar-refractivity contribution is -0.117. The predicted octanol–water partition coefficient (Wildman–Crippen LogP) is 4.92. The lowest BCUT2D eigenvalue weighted by Crippen LogP contribution is -2.26. The number of imidazole rings is 1. The Balaban J connectivity index is 1.80. The standard InChI is InChI=1S/C24H26FN3O2/c1-5-20(19-9-7-6-8-16(19)2)27-22(29)13-11-18-10-12-21(24(30-4)23(18)25)28-14-17(3)26-15-28/h6-15,20H,5H2,1-4H3,(H,27,29)/b13-11+. The van der Waals surface area contributed by atoms with Crippen molar-refractivity contribution in [1.29, 1.82) is 0 Å². The summed E-state index contributed by atoms with van der Waals surface area (Å²) in [6.07, 6.45) is 6.95. The molecule has 0 radical (unpaired) electrons. The quantitative estimate of drug-likeness (QED) is 0.566.